The summed E-state index contributed by atoms with van der Waals surface area (Å²) in [5, 5.41) is 9.73. The highest BCUT2D eigenvalue weighted by molar-refractivity contribution is 7.07. The maximum Gasteiger partial charge on any atom is 0.338 e. The lowest BCUT2D eigenvalue weighted by Crippen LogP contribution is -2.39. The van der Waals surface area contributed by atoms with Crippen LogP contribution in [0.5, 0.6) is 0 Å². The summed E-state index contributed by atoms with van der Waals surface area (Å²) in [6.07, 6.45) is 3.84. The number of hydrogen-bond donors (Lipinski definition) is 0. The van der Waals surface area contributed by atoms with E-state index in [1.807, 2.05) is 66.9 Å². The summed E-state index contributed by atoms with van der Waals surface area (Å²) in [6.45, 7) is 10.5. The minimum atomic E-state index is -1.58. The number of fused-ring (bicyclic) bond motifs is 1. The summed E-state index contributed by atoms with van der Waals surface area (Å²) in [7, 11) is -1.58. The average molecular weight is 544 g/mol. The highest BCUT2D eigenvalue weighted by Crippen LogP contribution is 2.30. The molecular weight excluding hydrogens is 514 g/mol. The number of aromatic nitrogens is 4. The smallest absolute Gasteiger partial charge is 0.338 e. The molecule has 5 rings (SSSR count). The van der Waals surface area contributed by atoms with E-state index in [1.165, 1.54) is 11.3 Å². The van der Waals surface area contributed by atoms with Crippen molar-refractivity contribution in [1.82, 2.24) is 19.6 Å². The molecule has 0 saturated carbocycles. The fourth-order valence-corrected chi connectivity index (χ4v) is 6.29. The molecule has 0 saturated heterocycles. The Kier molecular flexibility index (Phi) is 6.85. The highest BCUT2D eigenvalue weighted by Gasteiger charge is 2.33. The van der Waals surface area contributed by atoms with Crippen LogP contribution in [0.25, 0.3) is 11.8 Å². The van der Waals surface area contributed by atoms with Gasteiger partial charge in [0.15, 0.2) is 4.80 Å². The molecule has 0 spiro atoms. The van der Waals surface area contributed by atoms with Crippen LogP contribution in [0.2, 0.25) is 19.6 Å². The number of benzene rings is 2. The lowest BCUT2D eigenvalue weighted by atomic mass is 9.96. The summed E-state index contributed by atoms with van der Waals surface area (Å²) in [5.74, 6) is -0.463. The molecular formula is C28H29N5O3SSi. The Bertz CT molecular complexity index is 1730. The molecule has 0 N–H and O–H groups in total. The van der Waals surface area contributed by atoms with E-state index in [0.29, 0.717) is 20.6 Å². The number of esters is 1. The summed E-state index contributed by atoms with van der Waals surface area (Å²) >= 11 is 1.31. The van der Waals surface area contributed by atoms with Crippen LogP contribution >= 0.6 is 11.3 Å². The van der Waals surface area contributed by atoms with Crippen LogP contribution in [0.1, 0.15) is 31.0 Å². The van der Waals surface area contributed by atoms with Gasteiger partial charge in [0.25, 0.3) is 5.56 Å². The molecule has 0 amide bonds. The van der Waals surface area contributed by atoms with E-state index in [0.717, 1.165) is 22.1 Å². The predicted octanol–water partition coefficient (Wildman–Crippen LogP) is 2.92. The van der Waals surface area contributed by atoms with Gasteiger partial charge in [0.2, 0.25) is 0 Å². The Labute approximate surface area is 225 Å². The molecule has 8 nitrogen and oxygen atoms in total. The average Bonchev–Trinajstić information content (AvgIpc) is 3.50. The van der Waals surface area contributed by atoms with E-state index in [2.05, 4.69) is 34.9 Å². The first-order chi connectivity index (χ1) is 18.2. The number of allylic oxidation sites excluding steroid dienone is 1. The molecule has 194 valence electrons. The van der Waals surface area contributed by atoms with Crippen molar-refractivity contribution in [3.8, 4) is 5.69 Å². The number of thiazole rings is 1. The van der Waals surface area contributed by atoms with Crippen molar-refractivity contribution >= 4 is 36.8 Å². The van der Waals surface area contributed by atoms with Gasteiger partial charge in [-0.1, -0.05) is 78.7 Å². The molecule has 2 aromatic carbocycles. The quantitative estimate of drug-likeness (QED) is 0.276. The van der Waals surface area contributed by atoms with Crippen molar-refractivity contribution in [1.29, 1.82) is 0 Å². The standard InChI is InChI=1S/C28H29N5O3SSi/c1-6-36-27(35)24-18(2)29-28-33(25(24)20-12-8-7-9-13-20)26(34)22(37-28)16-19-11-10-14-21(15-19)32-17-23(30-31-32)38(3,4)5/h7-17,25H,6H2,1-5H3/b22-16-. The first-order valence-corrected chi connectivity index (χ1v) is 16.8. The first-order valence-electron chi connectivity index (χ1n) is 12.4. The Morgan fingerprint density at radius 3 is 2.58 bits per heavy atom. The fourth-order valence-electron chi connectivity index (χ4n) is 4.38. The van der Waals surface area contributed by atoms with Gasteiger partial charge >= 0.3 is 5.97 Å². The Morgan fingerprint density at radius 1 is 1.13 bits per heavy atom. The maximum atomic E-state index is 13.8. The van der Waals surface area contributed by atoms with Gasteiger partial charge < -0.3 is 4.74 Å². The lowest BCUT2D eigenvalue weighted by molar-refractivity contribution is -0.139. The van der Waals surface area contributed by atoms with Crippen LogP contribution in [-0.4, -0.2) is 40.2 Å². The predicted molar refractivity (Wildman–Crippen MR) is 151 cm³/mol. The summed E-state index contributed by atoms with van der Waals surface area (Å²) in [5.41, 5.74) is 3.27. The first kappa shape index (κ1) is 25.7. The molecule has 0 bridgehead atoms. The van der Waals surface area contributed by atoms with Crippen LogP contribution < -0.4 is 20.2 Å². The topological polar surface area (TPSA) is 91.4 Å². The van der Waals surface area contributed by atoms with Gasteiger partial charge in [0, 0.05) is 6.20 Å². The van der Waals surface area contributed by atoms with Gasteiger partial charge in [-0.05, 0) is 43.2 Å². The van der Waals surface area contributed by atoms with E-state index in [-0.39, 0.29) is 12.2 Å². The van der Waals surface area contributed by atoms with Gasteiger partial charge in [-0.2, -0.15) is 0 Å². The van der Waals surface area contributed by atoms with Crippen LogP contribution in [-0.2, 0) is 9.53 Å². The molecule has 1 unspecified atom stereocenters. The van der Waals surface area contributed by atoms with Crippen LogP contribution in [0.3, 0.4) is 0 Å². The normalized spacial score (nSPS) is 15.8. The minimum Gasteiger partial charge on any atom is -0.463 e. The molecule has 2 aromatic heterocycles. The highest BCUT2D eigenvalue weighted by atomic mass is 32.1. The van der Waals surface area contributed by atoms with E-state index in [4.69, 9.17) is 4.74 Å². The van der Waals surface area contributed by atoms with Gasteiger partial charge in [-0.3, -0.25) is 9.36 Å². The zero-order chi connectivity index (χ0) is 27.0. The molecule has 1 atom stereocenters. The van der Waals surface area contributed by atoms with Crippen LogP contribution in [0.4, 0.5) is 0 Å². The van der Waals surface area contributed by atoms with Crippen LogP contribution in [0.15, 0.2) is 81.9 Å². The molecule has 38 heavy (non-hydrogen) atoms. The number of rotatable bonds is 6. The van der Waals surface area contributed by atoms with Crippen molar-refractivity contribution in [3.63, 3.8) is 0 Å². The third-order valence-corrected chi connectivity index (χ3v) is 9.08. The van der Waals surface area contributed by atoms with Gasteiger partial charge in [-0.25, -0.2) is 14.5 Å². The summed E-state index contributed by atoms with van der Waals surface area (Å²) in [6, 6.07) is 16.7. The Balaban J connectivity index is 1.62. The van der Waals surface area contributed by atoms with Crippen molar-refractivity contribution < 1.29 is 9.53 Å². The molecule has 0 radical (unpaired) electrons. The largest absolute Gasteiger partial charge is 0.463 e. The minimum absolute atomic E-state index is 0.205. The second-order valence-electron chi connectivity index (χ2n) is 10.1. The maximum absolute atomic E-state index is 13.8. The third-order valence-electron chi connectivity index (χ3n) is 6.33. The Morgan fingerprint density at radius 2 is 1.89 bits per heavy atom. The SMILES string of the molecule is CCOC(=O)C1=C(C)N=c2s/c(=C\c3cccc(-n4cc([Si](C)(C)C)nn4)c3)c(=O)n2C1c1ccccc1. The van der Waals surface area contributed by atoms with Gasteiger partial charge in [-0.15, -0.1) is 5.10 Å². The van der Waals surface area contributed by atoms with Gasteiger partial charge in [0.05, 0.1) is 39.5 Å². The van der Waals surface area contributed by atoms with Crippen molar-refractivity contribution in [2.45, 2.75) is 39.5 Å². The molecule has 0 fully saturated rings. The number of hydrogen-bond acceptors (Lipinski definition) is 7. The summed E-state index contributed by atoms with van der Waals surface area (Å²) in [4.78, 5) is 32.0. The van der Waals surface area contributed by atoms with Crippen molar-refractivity contribution in [2.75, 3.05) is 6.61 Å². The molecule has 0 aliphatic carbocycles. The van der Waals surface area contributed by atoms with Crippen LogP contribution in [0, 0.1) is 0 Å². The molecule has 4 aromatic rings. The van der Waals surface area contributed by atoms with Gasteiger partial charge in [0.1, 0.15) is 8.07 Å². The Hall–Kier alpha value is -3.89. The van der Waals surface area contributed by atoms with E-state index >= 15 is 0 Å². The number of nitrogens with zero attached hydrogens (tertiary/aromatic N) is 5. The molecule has 10 heteroatoms. The number of carbonyl (C=O) groups is 1. The monoisotopic (exact) mass is 543 g/mol. The number of ether oxygens (including phenoxy) is 1. The lowest BCUT2D eigenvalue weighted by Gasteiger charge is -2.24. The van der Waals surface area contributed by atoms with Crippen molar-refractivity contribution in [3.05, 3.63) is 103 Å². The van der Waals surface area contributed by atoms with E-state index < -0.39 is 20.1 Å². The summed E-state index contributed by atoms with van der Waals surface area (Å²) < 4.78 is 9.26. The zero-order valence-electron chi connectivity index (χ0n) is 22.0. The second kappa shape index (κ2) is 10.1. The zero-order valence-corrected chi connectivity index (χ0v) is 23.8. The molecule has 1 aliphatic heterocycles. The van der Waals surface area contributed by atoms with E-state index in [1.54, 1.807) is 23.1 Å². The molecule has 1 aliphatic rings. The second-order valence-corrected chi connectivity index (χ2v) is 16.1. The molecule has 3 heterocycles. The third kappa shape index (κ3) is 4.84. The number of carbonyl (C=O) groups excluding carboxylic acids is 1. The van der Waals surface area contributed by atoms with E-state index in [9.17, 15) is 9.59 Å². The van der Waals surface area contributed by atoms with Crippen molar-refractivity contribution in [2.24, 2.45) is 4.99 Å². The fraction of sp³-hybridized carbons (Fsp3) is 0.250.